The molecule has 0 bridgehead atoms. The Kier molecular flexibility index (Phi) is 2.08. The van der Waals surface area contributed by atoms with Crippen LogP contribution in [0.25, 0.3) is 10.9 Å². The molecule has 16 heavy (non-hydrogen) atoms. The molecular weight excluding hydrogens is 198 g/mol. The zero-order chi connectivity index (χ0) is 11.3. The molecule has 1 heterocycles. The number of nitrogens with one attached hydrogen (secondary N) is 1. The van der Waals surface area contributed by atoms with Crippen LogP contribution in [0.3, 0.4) is 0 Å². The molecule has 3 rings (SSSR count). The lowest BCUT2D eigenvalue weighted by molar-refractivity contribution is 0.158. The van der Waals surface area contributed by atoms with E-state index in [1.165, 1.54) is 27.7 Å². The zero-order valence-electron chi connectivity index (χ0n) is 9.80. The molecule has 0 saturated heterocycles. The number of hydrogen-bond acceptors (Lipinski definition) is 1. The zero-order valence-corrected chi connectivity index (χ0v) is 9.80. The van der Waals surface area contributed by atoms with Gasteiger partial charge in [-0.1, -0.05) is 6.07 Å². The number of aromatic nitrogens is 1. The fourth-order valence-corrected chi connectivity index (χ4v) is 2.99. The molecule has 0 aliphatic heterocycles. The Morgan fingerprint density at radius 1 is 1.31 bits per heavy atom. The molecule has 1 unspecified atom stereocenters. The van der Waals surface area contributed by atoms with Crippen molar-refractivity contribution in [2.45, 2.75) is 39.2 Å². The van der Waals surface area contributed by atoms with E-state index in [0.29, 0.717) is 0 Å². The van der Waals surface area contributed by atoms with Gasteiger partial charge < -0.3 is 10.1 Å². The van der Waals surface area contributed by atoms with Gasteiger partial charge in [-0.2, -0.15) is 0 Å². The second kappa shape index (κ2) is 3.36. The first-order valence-electron chi connectivity index (χ1n) is 5.96. The normalized spacial score (nSPS) is 20.1. The highest BCUT2D eigenvalue weighted by Gasteiger charge is 2.23. The van der Waals surface area contributed by atoms with Gasteiger partial charge in [0.1, 0.15) is 0 Å². The average molecular weight is 215 g/mol. The summed E-state index contributed by atoms with van der Waals surface area (Å²) in [6, 6.07) is 4.37. The lowest BCUT2D eigenvalue weighted by atomic mass is 9.91. The monoisotopic (exact) mass is 215 g/mol. The van der Waals surface area contributed by atoms with Crippen molar-refractivity contribution in [3.8, 4) is 0 Å². The molecule has 1 atom stereocenters. The van der Waals surface area contributed by atoms with E-state index in [1.54, 1.807) is 0 Å². The summed E-state index contributed by atoms with van der Waals surface area (Å²) in [7, 11) is 0. The number of aliphatic hydroxyl groups excluding tert-OH is 1. The van der Waals surface area contributed by atoms with E-state index in [2.05, 4.69) is 31.0 Å². The van der Waals surface area contributed by atoms with Gasteiger partial charge in [0.05, 0.1) is 6.10 Å². The van der Waals surface area contributed by atoms with Crippen molar-refractivity contribution in [1.29, 1.82) is 0 Å². The highest BCUT2D eigenvalue weighted by Crippen LogP contribution is 2.37. The van der Waals surface area contributed by atoms with Crippen LogP contribution in [0, 0.1) is 13.8 Å². The SMILES string of the molecule is Cc1cc(C)c2c3c([nH]c2c1)CCCC3O. The van der Waals surface area contributed by atoms with Gasteiger partial charge in [-0.3, -0.25) is 0 Å². The van der Waals surface area contributed by atoms with E-state index in [0.717, 1.165) is 24.8 Å². The van der Waals surface area contributed by atoms with Crippen molar-refractivity contribution < 1.29 is 5.11 Å². The number of aromatic amines is 1. The molecule has 1 aliphatic rings. The summed E-state index contributed by atoms with van der Waals surface area (Å²) in [6.07, 6.45) is 2.77. The first-order chi connectivity index (χ1) is 7.66. The third kappa shape index (κ3) is 1.30. The summed E-state index contributed by atoms with van der Waals surface area (Å²) in [5, 5.41) is 11.4. The molecule has 1 aliphatic carbocycles. The van der Waals surface area contributed by atoms with Gasteiger partial charge in [0.15, 0.2) is 0 Å². The summed E-state index contributed by atoms with van der Waals surface area (Å²) in [4.78, 5) is 3.47. The molecule has 0 saturated carbocycles. The third-order valence-corrected chi connectivity index (χ3v) is 3.60. The van der Waals surface area contributed by atoms with Crippen LogP contribution in [0.15, 0.2) is 12.1 Å². The van der Waals surface area contributed by atoms with Crippen LogP contribution in [-0.2, 0) is 6.42 Å². The summed E-state index contributed by atoms with van der Waals surface area (Å²) < 4.78 is 0. The third-order valence-electron chi connectivity index (χ3n) is 3.60. The smallest absolute Gasteiger partial charge is 0.0813 e. The average Bonchev–Trinajstić information content (AvgIpc) is 2.56. The molecule has 2 aromatic rings. The maximum absolute atomic E-state index is 10.1. The lowest BCUT2D eigenvalue weighted by Crippen LogP contribution is -2.07. The van der Waals surface area contributed by atoms with Crippen molar-refractivity contribution in [3.63, 3.8) is 0 Å². The second-order valence-electron chi connectivity index (χ2n) is 4.93. The molecule has 2 nitrogen and oxygen atoms in total. The van der Waals surface area contributed by atoms with E-state index in [4.69, 9.17) is 0 Å². The minimum atomic E-state index is -0.279. The second-order valence-corrected chi connectivity index (χ2v) is 4.93. The molecule has 0 amide bonds. The fourth-order valence-electron chi connectivity index (χ4n) is 2.99. The van der Waals surface area contributed by atoms with Gasteiger partial charge in [-0.15, -0.1) is 0 Å². The van der Waals surface area contributed by atoms with Crippen LogP contribution in [-0.4, -0.2) is 10.1 Å². The fraction of sp³-hybridized carbons (Fsp3) is 0.429. The predicted octanol–water partition coefficient (Wildman–Crippen LogP) is 3.15. The number of aryl methyl sites for hydroxylation is 3. The molecule has 84 valence electrons. The Balaban J connectivity index is 2.38. The first-order valence-corrected chi connectivity index (χ1v) is 5.96. The van der Waals surface area contributed by atoms with Gasteiger partial charge in [-0.05, 0) is 50.3 Å². The van der Waals surface area contributed by atoms with Gasteiger partial charge in [-0.25, -0.2) is 0 Å². The van der Waals surface area contributed by atoms with Gasteiger partial charge >= 0.3 is 0 Å². The summed E-state index contributed by atoms with van der Waals surface area (Å²) in [6.45, 7) is 4.24. The molecule has 0 spiro atoms. The minimum Gasteiger partial charge on any atom is -0.388 e. The largest absolute Gasteiger partial charge is 0.388 e. The molecule has 2 heteroatoms. The van der Waals surface area contributed by atoms with Crippen LogP contribution in [0.2, 0.25) is 0 Å². The number of benzene rings is 1. The number of H-pyrrole nitrogens is 1. The standard InChI is InChI=1S/C14H17NO/c1-8-6-9(2)13-11(7-8)15-10-4-3-5-12(16)14(10)13/h6-7,12,15-16H,3-5H2,1-2H3. The molecule has 1 aromatic heterocycles. The lowest BCUT2D eigenvalue weighted by Gasteiger charge is -2.18. The van der Waals surface area contributed by atoms with E-state index in [9.17, 15) is 5.11 Å². The van der Waals surface area contributed by atoms with Crippen LogP contribution < -0.4 is 0 Å². The highest BCUT2D eigenvalue weighted by molar-refractivity contribution is 5.89. The van der Waals surface area contributed by atoms with Crippen molar-refractivity contribution in [1.82, 2.24) is 4.98 Å². The summed E-state index contributed by atoms with van der Waals surface area (Å²) in [5.41, 5.74) is 6.12. The minimum absolute atomic E-state index is 0.279. The van der Waals surface area contributed by atoms with Crippen LogP contribution >= 0.6 is 0 Å². The molecule has 2 N–H and O–H groups in total. The Labute approximate surface area is 95.3 Å². The quantitative estimate of drug-likeness (QED) is 0.695. The number of rotatable bonds is 0. The van der Waals surface area contributed by atoms with Crippen LogP contribution in [0.4, 0.5) is 0 Å². The topological polar surface area (TPSA) is 36.0 Å². The maximum atomic E-state index is 10.1. The van der Waals surface area contributed by atoms with E-state index in [1.807, 2.05) is 0 Å². The van der Waals surface area contributed by atoms with Crippen molar-refractivity contribution in [3.05, 3.63) is 34.5 Å². The summed E-state index contributed by atoms with van der Waals surface area (Å²) >= 11 is 0. The Morgan fingerprint density at radius 3 is 2.94 bits per heavy atom. The van der Waals surface area contributed by atoms with E-state index >= 15 is 0 Å². The highest BCUT2D eigenvalue weighted by atomic mass is 16.3. The van der Waals surface area contributed by atoms with Gasteiger partial charge in [0.25, 0.3) is 0 Å². The molecule has 0 fully saturated rings. The molecule has 0 radical (unpaired) electrons. The number of aliphatic hydroxyl groups is 1. The van der Waals surface area contributed by atoms with Crippen molar-refractivity contribution >= 4 is 10.9 Å². The van der Waals surface area contributed by atoms with Crippen molar-refractivity contribution in [2.24, 2.45) is 0 Å². The van der Waals surface area contributed by atoms with Crippen LogP contribution in [0.1, 0.15) is 41.3 Å². The Morgan fingerprint density at radius 2 is 2.12 bits per heavy atom. The molecular formula is C14H17NO. The molecule has 1 aromatic carbocycles. The van der Waals surface area contributed by atoms with Gasteiger partial charge in [0, 0.05) is 22.2 Å². The van der Waals surface area contributed by atoms with Gasteiger partial charge in [0.2, 0.25) is 0 Å². The van der Waals surface area contributed by atoms with Crippen LogP contribution in [0.5, 0.6) is 0 Å². The Hall–Kier alpha value is -1.28. The number of fused-ring (bicyclic) bond motifs is 3. The Bertz CT molecular complexity index is 553. The van der Waals surface area contributed by atoms with E-state index < -0.39 is 0 Å². The maximum Gasteiger partial charge on any atom is 0.0813 e. The summed E-state index contributed by atoms with van der Waals surface area (Å²) in [5.74, 6) is 0. The number of hydrogen-bond donors (Lipinski definition) is 2. The predicted molar refractivity (Wildman–Crippen MR) is 65.7 cm³/mol. The van der Waals surface area contributed by atoms with E-state index in [-0.39, 0.29) is 6.10 Å². The first kappa shape index (κ1) is 9.91. The van der Waals surface area contributed by atoms with Crippen molar-refractivity contribution in [2.75, 3.05) is 0 Å².